The summed E-state index contributed by atoms with van der Waals surface area (Å²) in [7, 11) is 3.71. The van der Waals surface area contributed by atoms with Gasteiger partial charge >= 0.3 is 5.97 Å². The minimum atomic E-state index is -0.0293. The predicted molar refractivity (Wildman–Crippen MR) is 79.0 cm³/mol. The normalized spacial score (nSPS) is 33.8. The number of carbonyl (C=O) groups is 1. The molecule has 0 saturated carbocycles. The van der Waals surface area contributed by atoms with Crippen LogP contribution in [-0.2, 0) is 9.53 Å². The number of hydrogen-bond donors (Lipinski definition) is 0. The van der Waals surface area contributed by atoms with Crippen LogP contribution in [0.3, 0.4) is 0 Å². The van der Waals surface area contributed by atoms with Crippen molar-refractivity contribution < 1.29 is 9.53 Å². The predicted octanol–water partition coefficient (Wildman–Crippen LogP) is 2.91. The molecular formula is C14H20ClNO2S. The smallest absolute Gasteiger partial charge is 0.309 e. The molecule has 2 fully saturated rings. The molecular weight excluding hydrogens is 282 g/mol. The van der Waals surface area contributed by atoms with Gasteiger partial charge in [-0.25, -0.2) is 0 Å². The van der Waals surface area contributed by atoms with Crippen molar-refractivity contribution in [1.29, 1.82) is 0 Å². The van der Waals surface area contributed by atoms with Gasteiger partial charge in [-0.3, -0.25) is 9.69 Å². The molecule has 3 rings (SSSR count). The maximum atomic E-state index is 12.1. The van der Waals surface area contributed by atoms with Crippen molar-refractivity contribution in [2.45, 2.75) is 37.3 Å². The van der Waals surface area contributed by atoms with Gasteiger partial charge in [0.05, 0.1) is 13.0 Å². The largest absolute Gasteiger partial charge is 0.469 e. The fraction of sp³-hybridized carbons (Fsp3) is 0.643. The van der Waals surface area contributed by atoms with E-state index >= 15 is 0 Å². The van der Waals surface area contributed by atoms with E-state index in [-0.39, 0.29) is 24.3 Å². The van der Waals surface area contributed by atoms with Crippen LogP contribution in [0, 0.1) is 5.92 Å². The van der Waals surface area contributed by atoms with E-state index in [0.29, 0.717) is 18.0 Å². The van der Waals surface area contributed by atoms with E-state index in [4.69, 9.17) is 4.74 Å². The molecule has 2 saturated heterocycles. The van der Waals surface area contributed by atoms with Gasteiger partial charge in [0.15, 0.2) is 0 Å². The molecule has 0 aromatic carbocycles. The number of rotatable bonds is 2. The molecule has 2 aliphatic heterocycles. The van der Waals surface area contributed by atoms with Crippen molar-refractivity contribution in [2.24, 2.45) is 5.92 Å². The first-order chi connectivity index (χ1) is 8.72. The van der Waals surface area contributed by atoms with Crippen LogP contribution < -0.4 is 0 Å². The first-order valence-electron chi connectivity index (χ1n) is 6.55. The van der Waals surface area contributed by atoms with Crippen LogP contribution in [-0.4, -0.2) is 37.1 Å². The zero-order valence-corrected chi connectivity index (χ0v) is 12.9. The van der Waals surface area contributed by atoms with Crippen molar-refractivity contribution in [1.82, 2.24) is 4.90 Å². The molecule has 4 atom stereocenters. The number of carbonyl (C=O) groups excluding carboxylic acids is 1. The van der Waals surface area contributed by atoms with Gasteiger partial charge < -0.3 is 4.74 Å². The zero-order valence-electron chi connectivity index (χ0n) is 11.2. The quantitative estimate of drug-likeness (QED) is 0.787. The van der Waals surface area contributed by atoms with E-state index in [0.717, 1.165) is 6.42 Å². The van der Waals surface area contributed by atoms with Crippen molar-refractivity contribution >= 4 is 29.7 Å². The Balaban J connectivity index is 0.00000133. The van der Waals surface area contributed by atoms with E-state index in [1.165, 1.54) is 24.8 Å². The Bertz CT molecular complexity index is 437. The highest BCUT2D eigenvalue weighted by Gasteiger charge is 2.49. The summed E-state index contributed by atoms with van der Waals surface area (Å²) in [4.78, 5) is 15.9. The van der Waals surface area contributed by atoms with Crippen molar-refractivity contribution in [3.63, 3.8) is 0 Å². The maximum absolute atomic E-state index is 12.1. The van der Waals surface area contributed by atoms with Gasteiger partial charge in [-0.15, -0.1) is 23.7 Å². The van der Waals surface area contributed by atoms with Gasteiger partial charge in [-0.2, -0.15) is 0 Å². The highest BCUT2D eigenvalue weighted by molar-refractivity contribution is 7.10. The molecule has 5 heteroatoms. The van der Waals surface area contributed by atoms with E-state index in [2.05, 4.69) is 29.5 Å². The third-order valence-electron chi connectivity index (χ3n) is 4.64. The minimum absolute atomic E-state index is 0. The summed E-state index contributed by atoms with van der Waals surface area (Å²) in [5, 5.41) is 2.10. The Morgan fingerprint density at radius 2 is 2.26 bits per heavy atom. The second-order valence-electron chi connectivity index (χ2n) is 5.37. The van der Waals surface area contributed by atoms with Gasteiger partial charge in [0.1, 0.15) is 0 Å². The molecule has 106 valence electrons. The molecule has 1 aromatic rings. The van der Waals surface area contributed by atoms with Crippen molar-refractivity contribution in [2.75, 3.05) is 14.2 Å². The Labute approximate surface area is 124 Å². The molecule has 0 N–H and O–H groups in total. The number of esters is 1. The Morgan fingerprint density at radius 1 is 1.47 bits per heavy atom. The highest BCUT2D eigenvalue weighted by atomic mass is 35.5. The number of methoxy groups -OCH3 is 1. The van der Waals surface area contributed by atoms with Gasteiger partial charge in [-0.1, -0.05) is 6.07 Å². The lowest BCUT2D eigenvalue weighted by atomic mass is 9.79. The number of nitrogens with zero attached hydrogens (tertiary/aromatic N) is 1. The first-order valence-corrected chi connectivity index (χ1v) is 7.43. The van der Waals surface area contributed by atoms with Crippen LogP contribution in [0.25, 0.3) is 0 Å². The summed E-state index contributed by atoms with van der Waals surface area (Å²) in [6.07, 6.45) is 3.37. The SMILES string of the molecule is COC(=O)[C@H]1C[C@@H]2CC[C@H]([C@H]1c1cccs1)N2C.Cl. The number of halogens is 1. The number of hydrogen-bond acceptors (Lipinski definition) is 4. The van der Waals surface area contributed by atoms with E-state index in [1.54, 1.807) is 11.3 Å². The number of piperidine rings is 1. The molecule has 2 aliphatic rings. The van der Waals surface area contributed by atoms with Crippen LogP contribution >= 0.6 is 23.7 Å². The summed E-state index contributed by atoms with van der Waals surface area (Å²) in [6, 6.07) is 5.31. The van der Waals surface area contributed by atoms with Crippen LogP contribution in [0.2, 0.25) is 0 Å². The number of thiophene rings is 1. The first kappa shape index (κ1) is 14.8. The monoisotopic (exact) mass is 301 g/mol. The summed E-state index contributed by atoms with van der Waals surface area (Å²) < 4.78 is 5.02. The van der Waals surface area contributed by atoms with Crippen molar-refractivity contribution in [3.05, 3.63) is 22.4 Å². The Hall–Kier alpha value is -0.580. The van der Waals surface area contributed by atoms with Gasteiger partial charge in [-0.05, 0) is 37.8 Å². The second-order valence-corrected chi connectivity index (χ2v) is 6.35. The zero-order chi connectivity index (χ0) is 12.7. The summed E-state index contributed by atoms with van der Waals surface area (Å²) in [5.41, 5.74) is 0. The summed E-state index contributed by atoms with van der Waals surface area (Å²) in [5.74, 6) is 0.335. The lowest BCUT2D eigenvalue weighted by molar-refractivity contribution is -0.149. The lowest BCUT2D eigenvalue weighted by Crippen LogP contribution is -2.47. The second kappa shape index (κ2) is 5.81. The van der Waals surface area contributed by atoms with E-state index < -0.39 is 0 Å². The molecule has 3 nitrogen and oxygen atoms in total. The standard InChI is InChI=1S/C14H19NO2S.ClH/c1-15-9-5-6-11(15)13(12-4-3-7-18-12)10(8-9)14(16)17-2;/h3-4,7,9-11,13H,5-6,8H2,1-2H3;1H/t9-,10-,11+,13-;/m0./s1. The molecule has 2 bridgehead atoms. The fourth-order valence-electron chi connectivity index (χ4n) is 3.73. The molecule has 0 radical (unpaired) electrons. The van der Waals surface area contributed by atoms with Gasteiger partial charge in [0, 0.05) is 22.9 Å². The molecule has 0 amide bonds. The minimum Gasteiger partial charge on any atom is -0.469 e. The van der Waals surface area contributed by atoms with E-state index in [9.17, 15) is 4.79 Å². The summed E-state index contributed by atoms with van der Waals surface area (Å²) >= 11 is 1.77. The Morgan fingerprint density at radius 3 is 2.89 bits per heavy atom. The van der Waals surface area contributed by atoms with Crippen LogP contribution in [0.5, 0.6) is 0 Å². The van der Waals surface area contributed by atoms with Crippen LogP contribution in [0.4, 0.5) is 0 Å². The maximum Gasteiger partial charge on any atom is 0.309 e. The van der Waals surface area contributed by atoms with Crippen LogP contribution in [0.15, 0.2) is 17.5 Å². The van der Waals surface area contributed by atoms with Crippen molar-refractivity contribution in [3.8, 4) is 0 Å². The van der Waals surface area contributed by atoms with Crippen LogP contribution in [0.1, 0.15) is 30.1 Å². The van der Waals surface area contributed by atoms with Gasteiger partial charge in [0.25, 0.3) is 0 Å². The molecule has 3 heterocycles. The lowest BCUT2D eigenvalue weighted by Gasteiger charge is -2.41. The molecule has 0 aliphatic carbocycles. The van der Waals surface area contributed by atoms with Gasteiger partial charge in [0.2, 0.25) is 0 Å². The molecule has 0 unspecified atom stereocenters. The average Bonchev–Trinajstić information content (AvgIpc) is 2.97. The highest BCUT2D eigenvalue weighted by Crippen LogP contribution is 2.47. The third kappa shape index (κ3) is 2.41. The Kier molecular flexibility index (Phi) is 4.54. The average molecular weight is 302 g/mol. The topological polar surface area (TPSA) is 29.5 Å². The molecule has 19 heavy (non-hydrogen) atoms. The molecule has 0 spiro atoms. The van der Waals surface area contributed by atoms with E-state index in [1.807, 2.05) is 0 Å². The number of fused-ring (bicyclic) bond motifs is 2. The summed E-state index contributed by atoms with van der Waals surface area (Å²) in [6.45, 7) is 0. The fourth-order valence-corrected chi connectivity index (χ4v) is 4.68. The third-order valence-corrected chi connectivity index (χ3v) is 5.62. The number of ether oxygens (including phenoxy) is 1. The molecule has 1 aromatic heterocycles. The number of likely N-dealkylation sites (N-methyl/N-ethyl adjacent to an activating group) is 1.